The highest BCUT2D eigenvalue weighted by molar-refractivity contribution is 7.80. The maximum Gasteiger partial charge on any atom is 0.118 e. The lowest BCUT2D eigenvalue weighted by atomic mass is 9.87. The Bertz CT molecular complexity index is 326. The number of aryl methyl sites for hydroxylation is 1. The predicted octanol–water partition coefficient (Wildman–Crippen LogP) is 3.72. The fourth-order valence-corrected chi connectivity index (χ4v) is 1.51. The van der Waals surface area contributed by atoms with E-state index >= 15 is 0 Å². The summed E-state index contributed by atoms with van der Waals surface area (Å²) in [5, 5.41) is 9.60. The monoisotopic (exact) mass is 210 g/mol. The highest BCUT2D eigenvalue weighted by Crippen LogP contribution is 2.38. The Morgan fingerprint density at radius 3 is 2.29 bits per heavy atom. The van der Waals surface area contributed by atoms with Crippen molar-refractivity contribution in [2.45, 2.75) is 32.9 Å². The maximum absolute atomic E-state index is 9.40. The van der Waals surface area contributed by atoms with Crippen LogP contribution in [0.25, 0.3) is 0 Å². The molecule has 1 N–H and O–H groups in total. The van der Waals surface area contributed by atoms with Crippen LogP contribution in [0, 0.1) is 12.3 Å². The molecule has 14 heavy (non-hydrogen) atoms. The van der Waals surface area contributed by atoms with Crippen molar-refractivity contribution in [3.8, 4) is 5.75 Å². The summed E-state index contributed by atoms with van der Waals surface area (Å²) in [5.74, 6) is 0.350. The molecule has 78 valence electrons. The van der Waals surface area contributed by atoms with Crippen LogP contribution in [0.4, 0.5) is 0 Å². The summed E-state index contributed by atoms with van der Waals surface area (Å²) in [6.45, 7) is 8.38. The number of hydrogen-bond donors (Lipinski definition) is 2. The molecule has 0 saturated heterocycles. The van der Waals surface area contributed by atoms with Gasteiger partial charge in [0.15, 0.2) is 0 Å². The van der Waals surface area contributed by atoms with E-state index in [1.165, 1.54) is 0 Å². The lowest BCUT2D eigenvalue weighted by molar-refractivity contribution is 0.402. The zero-order chi connectivity index (χ0) is 10.9. The molecule has 0 bridgehead atoms. The number of rotatable bonds is 1. The first-order chi connectivity index (χ1) is 6.32. The summed E-state index contributed by atoms with van der Waals surface area (Å²) in [5.41, 5.74) is 2.20. The maximum atomic E-state index is 9.40. The summed E-state index contributed by atoms with van der Waals surface area (Å²) in [7, 11) is 0. The molecule has 0 aliphatic heterocycles. The second kappa shape index (κ2) is 3.85. The molecule has 0 aliphatic carbocycles. The molecule has 1 aromatic rings. The van der Waals surface area contributed by atoms with Crippen LogP contribution in [0.15, 0.2) is 18.2 Å². The van der Waals surface area contributed by atoms with Gasteiger partial charge in [-0.05, 0) is 29.5 Å². The Kier molecular flexibility index (Phi) is 3.15. The van der Waals surface area contributed by atoms with Crippen molar-refractivity contribution >= 4 is 12.6 Å². The molecule has 1 aromatic carbocycles. The van der Waals surface area contributed by atoms with Gasteiger partial charge in [-0.25, -0.2) is 0 Å². The molecule has 0 radical (unpaired) electrons. The van der Waals surface area contributed by atoms with Gasteiger partial charge >= 0.3 is 0 Å². The smallest absolute Gasteiger partial charge is 0.118 e. The standard InChI is InChI=1S/C12H18OS/c1-8-7-9(5-6-10(8)13)11(14)12(2,3)4/h5-7,11,13-14H,1-4H3. The summed E-state index contributed by atoms with van der Waals surface area (Å²) in [6.07, 6.45) is 0. The first-order valence-corrected chi connectivity index (χ1v) is 5.31. The van der Waals surface area contributed by atoms with Gasteiger partial charge in [0.2, 0.25) is 0 Å². The van der Waals surface area contributed by atoms with Crippen molar-refractivity contribution < 1.29 is 5.11 Å². The third-order valence-corrected chi connectivity index (χ3v) is 3.43. The van der Waals surface area contributed by atoms with Crippen LogP contribution in [0.2, 0.25) is 0 Å². The van der Waals surface area contributed by atoms with E-state index < -0.39 is 0 Å². The van der Waals surface area contributed by atoms with Crippen LogP contribution in [0.3, 0.4) is 0 Å². The molecule has 1 atom stereocenters. The van der Waals surface area contributed by atoms with Gasteiger partial charge in [0.25, 0.3) is 0 Å². The van der Waals surface area contributed by atoms with Gasteiger partial charge < -0.3 is 5.11 Å². The van der Waals surface area contributed by atoms with Crippen LogP contribution >= 0.6 is 12.6 Å². The van der Waals surface area contributed by atoms with Crippen molar-refractivity contribution in [3.63, 3.8) is 0 Å². The average molecular weight is 210 g/mol. The molecule has 2 heteroatoms. The molecule has 1 unspecified atom stereocenters. The second-order valence-electron chi connectivity index (χ2n) is 4.81. The number of thiol groups is 1. The number of aromatic hydroxyl groups is 1. The topological polar surface area (TPSA) is 20.2 Å². The van der Waals surface area contributed by atoms with Gasteiger partial charge in [-0.3, -0.25) is 0 Å². The average Bonchev–Trinajstić information content (AvgIpc) is 2.07. The van der Waals surface area contributed by atoms with Crippen molar-refractivity contribution in [1.82, 2.24) is 0 Å². The lowest BCUT2D eigenvalue weighted by Crippen LogP contribution is -2.13. The fourth-order valence-electron chi connectivity index (χ4n) is 1.35. The Balaban J connectivity index is 3.03. The van der Waals surface area contributed by atoms with E-state index in [1.807, 2.05) is 19.1 Å². The van der Waals surface area contributed by atoms with Crippen LogP contribution in [0.5, 0.6) is 5.75 Å². The molecule has 0 saturated carbocycles. The third kappa shape index (κ3) is 2.44. The molecule has 1 rings (SSSR count). The molecule has 0 aliphatic rings. The Morgan fingerprint density at radius 1 is 1.29 bits per heavy atom. The van der Waals surface area contributed by atoms with Crippen molar-refractivity contribution in [2.75, 3.05) is 0 Å². The van der Waals surface area contributed by atoms with Crippen molar-refractivity contribution in [3.05, 3.63) is 29.3 Å². The fraction of sp³-hybridized carbons (Fsp3) is 0.500. The van der Waals surface area contributed by atoms with E-state index in [1.54, 1.807) is 6.07 Å². The van der Waals surface area contributed by atoms with Gasteiger partial charge in [0.1, 0.15) is 5.75 Å². The van der Waals surface area contributed by atoms with Crippen molar-refractivity contribution in [2.24, 2.45) is 5.41 Å². The van der Waals surface area contributed by atoms with Gasteiger partial charge in [-0.2, -0.15) is 12.6 Å². The first-order valence-electron chi connectivity index (χ1n) is 4.80. The van der Waals surface area contributed by atoms with E-state index in [2.05, 4.69) is 33.4 Å². The second-order valence-corrected chi connectivity index (χ2v) is 5.33. The van der Waals surface area contributed by atoms with E-state index in [0.717, 1.165) is 11.1 Å². The van der Waals surface area contributed by atoms with E-state index in [9.17, 15) is 5.11 Å². The quantitative estimate of drug-likeness (QED) is 0.677. The minimum atomic E-state index is 0.131. The largest absolute Gasteiger partial charge is 0.508 e. The summed E-state index contributed by atoms with van der Waals surface area (Å²) >= 11 is 4.60. The van der Waals surface area contributed by atoms with E-state index in [-0.39, 0.29) is 10.7 Å². The SMILES string of the molecule is Cc1cc(C(S)C(C)(C)C)ccc1O. The van der Waals surface area contributed by atoms with Crippen molar-refractivity contribution in [1.29, 1.82) is 0 Å². The molecule has 1 nitrogen and oxygen atoms in total. The molecular weight excluding hydrogens is 192 g/mol. The minimum absolute atomic E-state index is 0.131. The van der Waals surface area contributed by atoms with Crippen LogP contribution in [0.1, 0.15) is 37.1 Å². The predicted molar refractivity (Wildman–Crippen MR) is 64.0 cm³/mol. The van der Waals surface area contributed by atoms with Crippen LogP contribution in [-0.2, 0) is 0 Å². The zero-order valence-electron chi connectivity index (χ0n) is 9.20. The lowest BCUT2D eigenvalue weighted by Gasteiger charge is -2.27. The number of hydrogen-bond acceptors (Lipinski definition) is 2. The molecule has 0 spiro atoms. The Labute approximate surface area is 91.6 Å². The first kappa shape index (κ1) is 11.4. The van der Waals surface area contributed by atoms with E-state index in [0.29, 0.717) is 5.75 Å². The Morgan fingerprint density at radius 2 is 1.86 bits per heavy atom. The molecule has 0 heterocycles. The number of benzene rings is 1. The number of phenolic OH excluding ortho intramolecular Hbond substituents is 1. The molecule has 0 amide bonds. The highest BCUT2D eigenvalue weighted by atomic mass is 32.1. The normalized spacial score (nSPS) is 14.1. The van der Waals surface area contributed by atoms with Crippen LogP contribution in [-0.4, -0.2) is 5.11 Å². The highest BCUT2D eigenvalue weighted by Gasteiger charge is 2.22. The zero-order valence-corrected chi connectivity index (χ0v) is 10.1. The van der Waals surface area contributed by atoms with Gasteiger partial charge in [0, 0.05) is 5.25 Å². The van der Waals surface area contributed by atoms with Crippen LogP contribution < -0.4 is 0 Å². The number of phenols is 1. The van der Waals surface area contributed by atoms with Gasteiger partial charge in [-0.15, -0.1) is 0 Å². The van der Waals surface area contributed by atoms with E-state index in [4.69, 9.17) is 0 Å². The Hall–Kier alpha value is -0.630. The third-order valence-electron chi connectivity index (χ3n) is 2.36. The summed E-state index contributed by atoms with van der Waals surface area (Å²) in [4.78, 5) is 0. The minimum Gasteiger partial charge on any atom is -0.508 e. The summed E-state index contributed by atoms with van der Waals surface area (Å²) in [6, 6.07) is 5.67. The molecular formula is C12H18OS. The van der Waals surface area contributed by atoms with Gasteiger partial charge in [0.05, 0.1) is 0 Å². The molecule has 0 fully saturated rings. The summed E-state index contributed by atoms with van der Waals surface area (Å²) < 4.78 is 0. The van der Waals surface area contributed by atoms with Gasteiger partial charge in [-0.1, -0.05) is 32.9 Å². The molecule has 0 aromatic heterocycles.